The molecule has 0 spiro atoms. The minimum Gasteiger partial charge on any atom is -0.449 e. The molecule has 0 saturated heterocycles. The Balaban J connectivity index is 1.83. The molecule has 0 aromatic heterocycles. The Morgan fingerprint density at radius 3 is 2.58 bits per heavy atom. The quantitative estimate of drug-likeness (QED) is 0.170. The predicted molar refractivity (Wildman–Crippen MR) is 141 cm³/mol. The van der Waals surface area contributed by atoms with Crippen LogP contribution in [0.4, 0.5) is 26.2 Å². The summed E-state index contributed by atoms with van der Waals surface area (Å²) >= 11 is 5.86. The summed E-state index contributed by atoms with van der Waals surface area (Å²) < 4.78 is 20.1. The molecule has 202 valence electrons. The van der Waals surface area contributed by atoms with Gasteiger partial charge in [-0.2, -0.15) is 0 Å². The fourth-order valence-corrected chi connectivity index (χ4v) is 4.04. The lowest BCUT2D eigenvalue weighted by Gasteiger charge is -2.24. The average Bonchev–Trinajstić information content (AvgIpc) is 3.21. The predicted octanol–water partition coefficient (Wildman–Crippen LogP) is 2.52. The third kappa shape index (κ3) is 6.94. The lowest BCUT2D eigenvalue weighted by molar-refractivity contribution is -0.535. The van der Waals surface area contributed by atoms with Crippen molar-refractivity contribution in [3.05, 3.63) is 57.2 Å². The summed E-state index contributed by atoms with van der Waals surface area (Å²) in [6.45, 7) is 2.32. The van der Waals surface area contributed by atoms with Crippen molar-refractivity contribution in [2.45, 2.75) is 32.4 Å². The first-order valence-electron chi connectivity index (χ1n) is 11.6. The molecule has 3 amide bonds. The van der Waals surface area contributed by atoms with Crippen molar-refractivity contribution in [2.24, 2.45) is 16.5 Å². The number of aliphatic imine (C=N–C) groups is 1. The highest BCUT2D eigenvalue weighted by Gasteiger charge is 2.35. The molecule has 12 nitrogen and oxygen atoms in total. The van der Waals surface area contributed by atoms with E-state index in [0.717, 1.165) is 28.0 Å². The molecule has 0 fully saturated rings. The van der Waals surface area contributed by atoms with Crippen LogP contribution in [-0.4, -0.2) is 54.9 Å². The number of hydrogen-bond acceptors (Lipinski definition) is 6. The van der Waals surface area contributed by atoms with E-state index in [2.05, 4.69) is 15.6 Å². The summed E-state index contributed by atoms with van der Waals surface area (Å²) in [4.78, 5) is 53.1. The molecule has 0 bridgehead atoms. The van der Waals surface area contributed by atoms with Crippen molar-refractivity contribution in [3.63, 3.8) is 0 Å². The van der Waals surface area contributed by atoms with Gasteiger partial charge >= 0.3 is 17.9 Å². The Labute approximate surface area is 222 Å². The van der Waals surface area contributed by atoms with Crippen LogP contribution in [0.15, 0.2) is 35.3 Å². The molecule has 2 aromatic rings. The number of rotatable bonds is 8. The van der Waals surface area contributed by atoms with E-state index < -0.39 is 29.8 Å². The van der Waals surface area contributed by atoms with Crippen LogP contribution in [0.3, 0.4) is 0 Å². The van der Waals surface area contributed by atoms with E-state index in [1.807, 2.05) is 19.1 Å². The van der Waals surface area contributed by atoms with Crippen LogP contribution in [0.5, 0.6) is 0 Å². The zero-order chi connectivity index (χ0) is 28.0. The maximum absolute atomic E-state index is 14.0. The van der Waals surface area contributed by atoms with E-state index in [0.29, 0.717) is 18.5 Å². The number of halogens is 2. The zero-order valence-corrected chi connectivity index (χ0v) is 21.5. The Kier molecular flexibility index (Phi) is 9.18. The third-order valence-electron chi connectivity index (χ3n) is 5.53. The Hall–Kier alpha value is -4.26. The normalized spacial score (nSPS) is 14.6. The van der Waals surface area contributed by atoms with Crippen LogP contribution in [0.2, 0.25) is 5.02 Å². The smallest absolute Gasteiger partial charge is 0.414 e. The number of guanidine groups is 1. The lowest BCUT2D eigenvalue weighted by Crippen LogP contribution is -2.41. The zero-order valence-electron chi connectivity index (χ0n) is 20.8. The van der Waals surface area contributed by atoms with Crippen molar-refractivity contribution < 1.29 is 28.3 Å². The lowest BCUT2D eigenvalue weighted by atomic mass is 10.1. The number of nitrogens with one attached hydrogen (secondary N) is 2. The number of nitrogens with two attached hydrogens (primary N) is 2. The monoisotopic (exact) mass is 548 g/mol. The Morgan fingerprint density at radius 1 is 1.21 bits per heavy atom. The van der Waals surface area contributed by atoms with Gasteiger partial charge in [0.2, 0.25) is 6.54 Å². The molecule has 0 aliphatic carbocycles. The summed E-state index contributed by atoms with van der Waals surface area (Å²) in [6, 6.07) is 7.06. The average molecular weight is 549 g/mol. The van der Waals surface area contributed by atoms with E-state index >= 15 is 0 Å². The van der Waals surface area contributed by atoms with E-state index in [-0.39, 0.29) is 42.1 Å². The van der Waals surface area contributed by atoms with Gasteiger partial charge in [0.15, 0.2) is 13.0 Å². The number of anilines is 3. The number of hydrogen-bond donors (Lipinski definition) is 4. The number of nitroso groups, excluding NO2 is 1. The van der Waals surface area contributed by atoms with E-state index in [1.54, 1.807) is 6.07 Å². The molecule has 0 radical (unpaired) electrons. The van der Waals surface area contributed by atoms with Crippen molar-refractivity contribution in [1.29, 1.82) is 0 Å². The summed E-state index contributed by atoms with van der Waals surface area (Å²) in [7, 11) is 1.41. The number of amides is 3. The van der Waals surface area contributed by atoms with Gasteiger partial charge in [-0.15, -0.1) is 0 Å². The largest absolute Gasteiger partial charge is 0.449 e. The minimum absolute atomic E-state index is 0.0590. The molecule has 1 heterocycles. The molecule has 1 atom stereocenters. The first-order valence-corrected chi connectivity index (χ1v) is 12.0. The van der Waals surface area contributed by atoms with Gasteiger partial charge in [-0.05, 0) is 35.3 Å². The molecular formula is C24H28ClFN7O5+. The number of fused-ring (bicyclic) bond motifs is 1. The molecular weight excluding hydrogens is 521 g/mol. The highest BCUT2D eigenvalue weighted by molar-refractivity contribution is 6.39. The highest BCUT2D eigenvalue weighted by atomic mass is 35.5. The van der Waals surface area contributed by atoms with Crippen LogP contribution in [-0.2, 0) is 27.3 Å². The Morgan fingerprint density at radius 2 is 1.92 bits per heavy atom. The maximum atomic E-state index is 14.0. The van der Waals surface area contributed by atoms with Crippen LogP contribution in [0.25, 0.3) is 0 Å². The molecule has 1 aliphatic rings. The number of carbonyl (C=O) groups is 3. The molecule has 2 aromatic carbocycles. The fourth-order valence-electron chi connectivity index (χ4n) is 3.87. The standard InChI is InChI=1S/C24H27ClFN7O5/c1-3-6-38-24(36)33-15(8-14-5-4-13(7-20(14)33)12-32(2)37)11-29-23(28)31-18-9-16(25)17(26)10-19(18)30-22(35)21(27)34/h4-5,7,9-10,15H,3,6,8,11-12H2,1-2H3,(H5-,27,28,29,30,31,34,35)/p+1/t15-/m0/s1. The van der Waals surface area contributed by atoms with E-state index in [4.69, 9.17) is 27.8 Å². The van der Waals surface area contributed by atoms with E-state index in [9.17, 15) is 23.7 Å². The van der Waals surface area contributed by atoms with Crippen molar-refractivity contribution in [3.8, 4) is 0 Å². The SMILES string of the molecule is CCCOC(=O)N1c2cc(C[N+](C)=O)ccc2C[C@H]1CN=C(N)Nc1cc(Cl)c(F)cc1NC(=O)C(N)=O. The van der Waals surface area contributed by atoms with Gasteiger partial charge in [-0.3, -0.25) is 19.5 Å². The minimum atomic E-state index is -1.27. The van der Waals surface area contributed by atoms with Gasteiger partial charge in [0.05, 0.1) is 41.3 Å². The van der Waals surface area contributed by atoms with Gasteiger partial charge in [-0.25, -0.2) is 9.18 Å². The van der Waals surface area contributed by atoms with Crippen molar-refractivity contribution in [2.75, 3.05) is 35.7 Å². The van der Waals surface area contributed by atoms with Crippen LogP contribution in [0.1, 0.15) is 24.5 Å². The number of primary amides is 1. The van der Waals surface area contributed by atoms with Crippen molar-refractivity contribution in [1.82, 2.24) is 0 Å². The van der Waals surface area contributed by atoms with Crippen LogP contribution < -0.4 is 27.0 Å². The van der Waals surface area contributed by atoms with Gasteiger partial charge in [0.1, 0.15) is 5.82 Å². The highest BCUT2D eigenvalue weighted by Crippen LogP contribution is 2.34. The summed E-state index contributed by atoms with van der Waals surface area (Å²) in [5.74, 6) is -3.42. The summed E-state index contributed by atoms with van der Waals surface area (Å²) in [6.07, 6.45) is 0.553. The second kappa shape index (κ2) is 12.3. The van der Waals surface area contributed by atoms with Gasteiger partial charge in [0, 0.05) is 16.5 Å². The molecule has 3 rings (SSSR count). The summed E-state index contributed by atoms with van der Waals surface area (Å²) in [5, 5.41) is 4.61. The molecule has 38 heavy (non-hydrogen) atoms. The summed E-state index contributed by atoms with van der Waals surface area (Å²) in [5.41, 5.74) is 13.2. The third-order valence-corrected chi connectivity index (χ3v) is 5.82. The molecule has 14 heteroatoms. The van der Waals surface area contributed by atoms with Crippen LogP contribution >= 0.6 is 11.6 Å². The van der Waals surface area contributed by atoms with Crippen molar-refractivity contribution >= 4 is 52.5 Å². The maximum Gasteiger partial charge on any atom is 0.414 e. The number of ether oxygens (including phenoxy) is 1. The van der Waals surface area contributed by atoms with Gasteiger partial charge < -0.3 is 26.8 Å². The Bertz CT molecular complexity index is 1300. The van der Waals surface area contributed by atoms with E-state index in [1.165, 1.54) is 11.9 Å². The van der Waals surface area contributed by atoms with Crippen LogP contribution in [0, 0.1) is 10.7 Å². The second-order valence-corrected chi connectivity index (χ2v) is 8.98. The molecule has 0 saturated carbocycles. The number of carbonyl (C=O) groups excluding carboxylic acids is 3. The molecule has 6 N–H and O–H groups in total. The first-order chi connectivity index (χ1) is 18.0. The van der Waals surface area contributed by atoms with Gasteiger partial charge in [-0.1, -0.05) is 30.7 Å². The van der Waals surface area contributed by atoms with Gasteiger partial charge in [0.25, 0.3) is 0 Å². The number of benzene rings is 2. The number of nitrogens with zero attached hydrogens (tertiary/aromatic N) is 3. The second-order valence-electron chi connectivity index (χ2n) is 8.57. The first kappa shape index (κ1) is 28.3. The fraction of sp³-hybridized carbons (Fsp3) is 0.333. The molecule has 0 unspecified atom stereocenters. The molecule has 1 aliphatic heterocycles. The topological polar surface area (TPSA) is 172 Å².